The number of unbranched alkanes of at least 4 members (excludes halogenated alkanes) is 37. The second kappa shape index (κ2) is 60.7. The van der Waals surface area contributed by atoms with Crippen LogP contribution in [-0.4, -0.2) is 193 Å². The first kappa shape index (κ1) is 90.7. The van der Waals surface area contributed by atoms with Crippen LogP contribution >= 0.6 is 0 Å². The molecule has 0 aromatic heterocycles. The first-order valence-corrected chi connectivity index (χ1v) is 40.0. The first-order chi connectivity index (χ1) is 48.3. The minimum Gasteiger partial charge on any atom is -0.394 e. The van der Waals surface area contributed by atoms with Gasteiger partial charge in [-0.15, -0.1) is 0 Å². The molecule has 3 rings (SSSR count). The Morgan fingerprint density at radius 3 is 1.09 bits per heavy atom. The number of allylic oxidation sites excluding steroid dienone is 10. The SMILES string of the molecule is CC/C=C\C/C=C\C/C=C\C/C=C\C/C=C\CCCCCCCCCCCCCCCCCCCCCC(=O)NC(COC1OC(CO)C(OC2OC(CO)C(OC3OC(CO)C(O)C(O)C3O)C(O)C2O)C(O)C1O)C(O)CCCCCCCCCCCCCCCCCCCCC. The summed E-state index contributed by atoms with van der Waals surface area (Å²) in [5.41, 5.74) is 0. The molecule has 0 spiro atoms. The van der Waals surface area contributed by atoms with Gasteiger partial charge < -0.3 is 89.9 Å². The molecule has 1 amide bonds. The van der Waals surface area contributed by atoms with E-state index >= 15 is 0 Å². The molecule has 17 atom stereocenters. The van der Waals surface area contributed by atoms with Gasteiger partial charge in [-0.1, -0.05) is 306 Å². The van der Waals surface area contributed by atoms with Crippen molar-refractivity contribution in [3.05, 3.63) is 60.8 Å². The van der Waals surface area contributed by atoms with E-state index in [2.05, 4.69) is 79.9 Å². The van der Waals surface area contributed by atoms with Crippen molar-refractivity contribution < 1.29 is 89.4 Å². The van der Waals surface area contributed by atoms with Crippen molar-refractivity contribution in [2.75, 3.05) is 26.4 Å². The molecule has 0 saturated carbocycles. The van der Waals surface area contributed by atoms with Crippen molar-refractivity contribution in [1.82, 2.24) is 5.32 Å². The number of aliphatic hydroxyl groups excluding tert-OH is 11. The lowest BCUT2D eigenvalue weighted by atomic mass is 9.96. The number of hydrogen-bond donors (Lipinski definition) is 12. The number of carbonyl (C=O) groups excluding carboxylic acids is 1. The number of carbonyl (C=O) groups is 1. The van der Waals surface area contributed by atoms with E-state index in [1.807, 2.05) is 0 Å². The molecule has 0 bridgehead atoms. The summed E-state index contributed by atoms with van der Waals surface area (Å²) >= 11 is 0. The molecule has 19 nitrogen and oxygen atoms in total. The van der Waals surface area contributed by atoms with Gasteiger partial charge in [-0.3, -0.25) is 4.79 Å². The minimum atomic E-state index is -1.97. The van der Waals surface area contributed by atoms with E-state index in [0.29, 0.717) is 12.8 Å². The standard InChI is InChI=1S/C80H145NO18/c1-3-5-7-9-11-13-15-17-19-21-23-24-25-26-27-28-29-30-31-32-33-34-35-36-37-38-40-42-44-46-48-50-52-54-56-58-68(86)81-63(64(85)57-55-53-51-49-47-45-43-41-39-22-20-18-16-14-12-10-8-6-4-2)62-94-78-74(92)71(89)76(66(60-83)96-78)99-80-75(93)72(90)77(67(61-84)97-80)98-79-73(91)70(88)69(87)65(59-82)95-79/h5,7,11,13,17,19,23-24,26-27,63-67,69-80,82-85,87-93H,3-4,6,8-10,12,14-16,18,20-22,25,28-62H2,1-2H3,(H,81,86)/b7-5-,13-11-,19-17-,24-23-,27-26-. The van der Waals surface area contributed by atoms with Crippen LogP contribution in [0.15, 0.2) is 60.8 Å². The summed E-state index contributed by atoms with van der Waals surface area (Å²) in [5.74, 6) is -0.239. The monoisotopic (exact) mass is 1410 g/mol. The van der Waals surface area contributed by atoms with Crippen LogP contribution in [0.2, 0.25) is 0 Å². The quantitative estimate of drug-likeness (QED) is 0.0199. The average molecular weight is 1410 g/mol. The summed E-state index contributed by atoms with van der Waals surface area (Å²) in [6.45, 7) is 1.72. The Morgan fingerprint density at radius 2 is 0.697 bits per heavy atom. The normalized spacial score (nSPS) is 26.9. The van der Waals surface area contributed by atoms with Gasteiger partial charge >= 0.3 is 0 Å². The highest BCUT2D eigenvalue weighted by molar-refractivity contribution is 5.76. The van der Waals surface area contributed by atoms with Gasteiger partial charge in [0.2, 0.25) is 5.91 Å². The number of nitrogens with one attached hydrogen (secondary N) is 1. The molecule has 0 aromatic rings. The average Bonchev–Trinajstić information content (AvgIpc) is 0.784. The molecule has 3 aliphatic heterocycles. The van der Waals surface area contributed by atoms with Gasteiger partial charge in [-0.05, 0) is 57.8 Å². The van der Waals surface area contributed by atoms with Gasteiger partial charge in [0.15, 0.2) is 18.9 Å². The molecule has 12 N–H and O–H groups in total. The van der Waals surface area contributed by atoms with Crippen LogP contribution in [0.3, 0.4) is 0 Å². The van der Waals surface area contributed by atoms with E-state index in [4.69, 9.17) is 28.4 Å². The zero-order chi connectivity index (χ0) is 71.8. The third kappa shape index (κ3) is 41.1. The van der Waals surface area contributed by atoms with Crippen LogP contribution in [0.25, 0.3) is 0 Å². The maximum atomic E-state index is 13.5. The fraction of sp³-hybridized carbons (Fsp3) is 0.863. The molecule has 99 heavy (non-hydrogen) atoms. The van der Waals surface area contributed by atoms with E-state index in [0.717, 1.165) is 77.0 Å². The van der Waals surface area contributed by atoms with Gasteiger partial charge in [0.05, 0.1) is 38.6 Å². The van der Waals surface area contributed by atoms with Crippen molar-refractivity contribution in [3.63, 3.8) is 0 Å². The molecule has 0 radical (unpaired) electrons. The largest absolute Gasteiger partial charge is 0.394 e. The zero-order valence-corrected chi connectivity index (χ0v) is 61.7. The predicted octanol–water partition coefficient (Wildman–Crippen LogP) is 13.1. The Labute approximate surface area is 598 Å². The van der Waals surface area contributed by atoms with Gasteiger partial charge in [0.25, 0.3) is 0 Å². The summed E-state index contributed by atoms with van der Waals surface area (Å²) in [6.07, 6.45) is 50.2. The number of hydrogen-bond acceptors (Lipinski definition) is 18. The molecule has 578 valence electrons. The maximum absolute atomic E-state index is 13.5. The van der Waals surface area contributed by atoms with Crippen molar-refractivity contribution in [3.8, 4) is 0 Å². The Balaban J connectivity index is 1.33. The van der Waals surface area contributed by atoms with Crippen molar-refractivity contribution >= 4 is 5.91 Å². The predicted molar refractivity (Wildman–Crippen MR) is 392 cm³/mol. The van der Waals surface area contributed by atoms with Crippen LogP contribution < -0.4 is 5.32 Å². The molecule has 3 fully saturated rings. The number of amides is 1. The Hall–Kier alpha value is -2.51. The van der Waals surface area contributed by atoms with E-state index in [9.17, 15) is 61.0 Å². The van der Waals surface area contributed by atoms with Crippen LogP contribution in [0, 0.1) is 0 Å². The second-order valence-electron chi connectivity index (χ2n) is 28.5. The Bertz CT molecular complexity index is 2020. The summed E-state index contributed by atoms with van der Waals surface area (Å²) in [7, 11) is 0. The fourth-order valence-corrected chi connectivity index (χ4v) is 13.5. The summed E-state index contributed by atoms with van der Waals surface area (Å²) in [5, 5.41) is 121. The van der Waals surface area contributed by atoms with Crippen LogP contribution in [0.5, 0.6) is 0 Å². The van der Waals surface area contributed by atoms with Crippen molar-refractivity contribution in [2.45, 2.75) is 413 Å². The van der Waals surface area contributed by atoms with Crippen molar-refractivity contribution in [1.29, 1.82) is 0 Å². The molecule has 3 saturated heterocycles. The summed E-state index contributed by atoms with van der Waals surface area (Å²) in [4.78, 5) is 13.5. The van der Waals surface area contributed by atoms with E-state index in [-0.39, 0.29) is 18.9 Å². The van der Waals surface area contributed by atoms with Gasteiger partial charge in [0.1, 0.15) is 73.2 Å². The molecule has 0 aromatic carbocycles. The van der Waals surface area contributed by atoms with Gasteiger partial charge in [-0.2, -0.15) is 0 Å². The molecule has 17 unspecified atom stereocenters. The third-order valence-electron chi connectivity index (χ3n) is 19.9. The highest BCUT2D eigenvalue weighted by Gasteiger charge is 2.54. The van der Waals surface area contributed by atoms with E-state index in [1.54, 1.807) is 0 Å². The van der Waals surface area contributed by atoms with Gasteiger partial charge in [0, 0.05) is 6.42 Å². The zero-order valence-electron chi connectivity index (χ0n) is 61.7. The fourth-order valence-electron chi connectivity index (χ4n) is 13.5. The lowest BCUT2D eigenvalue weighted by molar-refractivity contribution is -0.379. The van der Waals surface area contributed by atoms with Crippen LogP contribution in [-0.2, 0) is 33.2 Å². The molecule has 3 aliphatic rings. The van der Waals surface area contributed by atoms with Crippen molar-refractivity contribution in [2.24, 2.45) is 0 Å². The highest BCUT2D eigenvalue weighted by atomic mass is 16.8. The number of rotatable bonds is 63. The first-order valence-electron chi connectivity index (χ1n) is 40.0. The minimum absolute atomic E-state index is 0.239. The van der Waals surface area contributed by atoms with Crippen LogP contribution in [0.1, 0.15) is 309 Å². The summed E-state index contributed by atoms with van der Waals surface area (Å²) < 4.78 is 34.5. The third-order valence-corrected chi connectivity index (χ3v) is 19.9. The van der Waals surface area contributed by atoms with E-state index in [1.165, 1.54) is 199 Å². The topological polar surface area (TPSA) is 307 Å². The number of aliphatic hydroxyl groups is 11. The Kier molecular flexibility index (Phi) is 55.6. The van der Waals surface area contributed by atoms with Gasteiger partial charge in [-0.25, -0.2) is 0 Å². The molecular weight excluding hydrogens is 1260 g/mol. The summed E-state index contributed by atoms with van der Waals surface area (Å²) in [6, 6.07) is -0.888. The molecular formula is C80H145NO18. The Morgan fingerprint density at radius 1 is 0.374 bits per heavy atom. The lowest BCUT2D eigenvalue weighted by Gasteiger charge is -2.48. The highest BCUT2D eigenvalue weighted by Crippen LogP contribution is 2.33. The van der Waals surface area contributed by atoms with Crippen LogP contribution in [0.4, 0.5) is 0 Å². The number of ether oxygens (including phenoxy) is 6. The molecule has 19 heteroatoms. The lowest BCUT2D eigenvalue weighted by Crippen LogP contribution is -2.66. The maximum Gasteiger partial charge on any atom is 0.220 e. The smallest absolute Gasteiger partial charge is 0.220 e. The second-order valence-corrected chi connectivity index (χ2v) is 28.5. The molecule has 0 aliphatic carbocycles. The van der Waals surface area contributed by atoms with E-state index < -0.39 is 124 Å². The molecule has 3 heterocycles.